The molecule has 2 N–H and O–H groups in total. The number of carbonyl (C=O) groups is 1. The number of nitrogens with zero attached hydrogens (tertiary/aromatic N) is 1. The zero-order valence-corrected chi connectivity index (χ0v) is 13.4. The summed E-state index contributed by atoms with van der Waals surface area (Å²) < 4.78 is 0. The second-order valence-corrected chi connectivity index (χ2v) is 6.79. The van der Waals surface area contributed by atoms with Gasteiger partial charge >= 0.3 is 0 Å². The van der Waals surface area contributed by atoms with Crippen molar-refractivity contribution in [2.45, 2.75) is 26.2 Å². The summed E-state index contributed by atoms with van der Waals surface area (Å²) in [6, 6.07) is 5.65. The van der Waals surface area contributed by atoms with Gasteiger partial charge in [0.25, 0.3) is 11.5 Å². The number of anilines is 1. The number of thiazole rings is 1. The number of fused-ring (bicyclic) bond motifs is 3. The highest BCUT2D eigenvalue weighted by molar-refractivity contribution is 7.09. The van der Waals surface area contributed by atoms with Crippen molar-refractivity contribution in [3.8, 4) is 0 Å². The van der Waals surface area contributed by atoms with Crippen molar-refractivity contribution >= 4 is 33.8 Å². The number of hydrogen-bond acceptors (Lipinski definition) is 4. The third-order valence-electron chi connectivity index (χ3n) is 4.19. The van der Waals surface area contributed by atoms with E-state index in [1.54, 1.807) is 5.38 Å². The van der Waals surface area contributed by atoms with E-state index in [-0.39, 0.29) is 11.5 Å². The van der Waals surface area contributed by atoms with Crippen LogP contribution >= 0.6 is 11.3 Å². The maximum atomic E-state index is 12.2. The van der Waals surface area contributed by atoms with Crippen molar-refractivity contribution in [2.75, 3.05) is 5.32 Å². The van der Waals surface area contributed by atoms with E-state index < -0.39 is 0 Å². The highest BCUT2D eigenvalue weighted by Gasteiger charge is 2.18. The molecule has 23 heavy (non-hydrogen) atoms. The quantitative estimate of drug-likeness (QED) is 0.760. The Bertz CT molecular complexity index is 987. The number of aryl methyl sites for hydroxylation is 2. The average molecular weight is 325 g/mol. The summed E-state index contributed by atoms with van der Waals surface area (Å²) in [6.45, 7) is 1.86. The van der Waals surface area contributed by atoms with Gasteiger partial charge in [-0.1, -0.05) is 6.07 Å². The summed E-state index contributed by atoms with van der Waals surface area (Å²) in [5.74, 6) is -0.239. The molecule has 2 heterocycles. The van der Waals surface area contributed by atoms with E-state index in [4.69, 9.17) is 0 Å². The summed E-state index contributed by atoms with van der Waals surface area (Å²) in [6.07, 6.45) is 2.82. The molecule has 0 unspecified atom stereocenters. The molecule has 3 aromatic rings. The van der Waals surface area contributed by atoms with Gasteiger partial charge < -0.3 is 10.3 Å². The van der Waals surface area contributed by atoms with E-state index in [9.17, 15) is 9.59 Å². The Labute approximate surface area is 136 Å². The number of aromatic nitrogens is 2. The second-order valence-electron chi connectivity index (χ2n) is 5.73. The van der Waals surface area contributed by atoms with E-state index in [0.29, 0.717) is 11.4 Å². The monoisotopic (exact) mass is 325 g/mol. The maximum absolute atomic E-state index is 12.2. The molecule has 5 nitrogen and oxygen atoms in total. The van der Waals surface area contributed by atoms with Crippen LogP contribution in [0.3, 0.4) is 0 Å². The maximum Gasteiger partial charge on any atom is 0.275 e. The Balaban J connectivity index is 1.71. The standard InChI is InChI=1S/C17H15N3O2S/c1-9-18-15(8-23-9)17(22)19-10-5-6-12-11-3-2-4-13(11)16(21)20-14(12)7-10/h5-8H,2-4H2,1H3,(H,19,22)(H,20,21). The zero-order valence-electron chi connectivity index (χ0n) is 12.6. The Morgan fingerprint density at radius 2 is 2.13 bits per heavy atom. The fraction of sp³-hybridized carbons (Fsp3) is 0.235. The molecule has 1 amide bonds. The predicted octanol–water partition coefficient (Wildman–Crippen LogP) is 3.03. The molecule has 116 valence electrons. The van der Waals surface area contributed by atoms with Crippen LogP contribution in [0.2, 0.25) is 0 Å². The highest BCUT2D eigenvalue weighted by atomic mass is 32.1. The Kier molecular flexibility index (Phi) is 3.27. The summed E-state index contributed by atoms with van der Waals surface area (Å²) in [7, 11) is 0. The Morgan fingerprint density at radius 1 is 1.30 bits per heavy atom. The molecule has 1 aliphatic carbocycles. The van der Waals surface area contributed by atoms with E-state index >= 15 is 0 Å². The van der Waals surface area contributed by atoms with Gasteiger partial charge in [0.05, 0.1) is 10.5 Å². The van der Waals surface area contributed by atoms with Crippen LogP contribution in [0.4, 0.5) is 5.69 Å². The average Bonchev–Trinajstić information content (AvgIpc) is 3.16. The smallest absolute Gasteiger partial charge is 0.275 e. The van der Waals surface area contributed by atoms with E-state index in [2.05, 4.69) is 15.3 Å². The summed E-state index contributed by atoms with van der Waals surface area (Å²) >= 11 is 1.44. The van der Waals surface area contributed by atoms with Gasteiger partial charge in [-0.15, -0.1) is 11.3 Å². The minimum atomic E-state index is -0.239. The summed E-state index contributed by atoms with van der Waals surface area (Å²) in [5, 5.41) is 6.49. The molecule has 0 radical (unpaired) electrons. The number of H-pyrrole nitrogens is 1. The molecule has 1 aliphatic rings. The van der Waals surface area contributed by atoms with Crippen LogP contribution in [0.25, 0.3) is 10.9 Å². The van der Waals surface area contributed by atoms with Crippen LogP contribution in [0.15, 0.2) is 28.4 Å². The first-order valence-electron chi connectivity index (χ1n) is 7.53. The van der Waals surface area contributed by atoms with Gasteiger partial charge in [0, 0.05) is 22.0 Å². The van der Waals surface area contributed by atoms with Gasteiger partial charge in [-0.3, -0.25) is 9.59 Å². The van der Waals surface area contributed by atoms with Gasteiger partial charge in [0.15, 0.2) is 0 Å². The number of nitrogens with one attached hydrogen (secondary N) is 2. The Hall–Kier alpha value is -2.47. The molecule has 0 fully saturated rings. The van der Waals surface area contributed by atoms with Crippen LogP contribution in [0.5, 0.6) is 0 Å². The fourth-order valence-corrected chi connectivity index (χ4v) is 3.73. The molecule has 6 heteroatoms. The number of benzene rings is 1. The minimum absolute atomic E-state index is 0.0106. The molecule has 0 atom stereocenters. The molecule has 0 saturated carbocycles. The predicted molar refractivity (Wildman–Crippen MR) is 91.4 cm³/mol. The van der Waals surface area contributed by atoms with Gasteiger partial charge in [0.2, 0.25) is 0 Å². The molecule has 2 aromatic heterocycles. The molecular formula is C17H15N3O2S. The minimum Gasteiger partial charge on any atom is -0.322 e. The third kappa shape index (κ3) is 2.45. The first-order chi connectivity index (χ1) is 11.1. The lowest BCUT2D eigenvalue weighted by molar-refractivity contribution is 0.102. The SMILES string of the molecule is Cc1nc(C(=O)Nc2ccc3c4c(c(=O)[nH]c3c2)CCC4)cs1. The van der Waals surface area contributed by atoms with Gasteiger partial charge in [-0.05, 0) is 43.9 Å². The Morgan fingerprint density at radius 3 is 2.91 bits per heavy atom. The summed E-state index contributed by atoms with van der Waals surface area (Å²) in [4.78, 5) is 31.4. The highest BCUT2D eigenvalue weighted by Crippen LogP contribution is 2.27. The van der Waals surface area contributed by atoms with Crippen molar-refractivity contribution in [2.24, 2.45) is 0 Å². The molecule has 1 aromatic carbocycles. The lowest BCUT2D eigenvalue weighted by Crippen LogP contribution is -2.14. The number of amides is 1. The topological polar surface area (TPSA) is 74.8 Å². The lowest BCUT2D eigenvalue weighted by atomic mass is 10.1. The van der Waals surface area contributed by atoms with E-state index in [1.807, 2.05) is 25.1 Å². The molecule has 0 aliphatic heterocycles. The fourth-order valence-electron chi connectivity index (χ4n) is 3.14. The largest absolute Gasteiger partial charge is 0.322 e. The number of pyridine rings is 1. The van der Waals surface area contributed by atoms with Crippen LogP contribution in [0.1, 0.15) is 33.0 Å². The first kappa shape index (κ1) is 14.1. The number of rotatable bonds is 2. The van der Waals surface area contributed by atoms with Crippen molar-refractivity contribution in [1.82, 2.24) is 9.97 Å². The van der Waals surface area contributed by atoms with Crippen LogP contribution in [-0.2, 0) is 12.8 Å². The number of carbonyl (C=O) groups excluding carboxylic acids is 1. The second kappa shape index (κ2) is 5.31. The number of hydrogen-bond donors (Lipinski definition) is 2. The summed E-state index contributed by atoms with van der Waals surface area (Å²) in [5.41, 5.74) is 3.88. The molecule has 0 saturated heterocycles. The normalized spacial score (nSPS) is 13.3. The molecule has 0 spiro atoms. The third-order valence-corrected chi connectivity index (χ3v) is 4.97. The lowest BCUT2D eigenvalue weighted by Gasteiger charge is -2.08. The zero-order chi connectivity index (χ0) is 16.0. The molecule has 4 rings (SSSR count). The van der Waals surface area contributed by atoms with Crippen LogP contribution < -0.4 is 10.9 Å². The molecular weight excluding hydrogens is 310 g/mol. The van der Waals surface area contributed by atoms with Crippen molar-refractivity contribution in [3.05, 3.63) is 55.8 Å². The van der Waals surface area contributed by atoms with Crippen molar-refractivity contribution in [3.63, 3.8) is 0 Å². The molecule has 0 bridgehead atoms. The van der Waals surface area contributed by atoms with Crippen molar-refractivity contribution < 1.29 is 4.79 Å². The first-order valence-corrected chi connectivity index (χ1v) is 8.41. The van der Waals surface area contributed by atoms with Crippen LogP contribution in [-0.4, -0.2) is 15.9 Å². The van der Waals surface area contributed by atoms with E-state index in [0.717, 1.165) is 46.3 Å². The van der Waals surface area contributed by atoms with E-state index in [1.165, 1.54) is 11.3 Å². The van der Waals surface area contributed by atoms with Crippen LogP contribution in [0, 0.1) is 6.92 Å². The van der Waals surface area contributed by atoms with Gasteiger partial charge in [-0.25, -0.2) is 4.98 Å². The number of aromatic amines is 1. The van der Waals surface area contributed by atoms with Crippen molar-refractivity contribution in [1.29, 1.82) is 0 Å². The van der Waals surface area contributed by atoms with Gasteiger partial charge in [0.1, 0.15) is 5.69 Å². The van der Waals surface area contributed by atoms with Gasteiger partial charge in [-0.2, -0.15) is 0 Å².